The number of amides is 1. The molecule has 1 N–H and O–H groups in total. The van der Waals surface area contributed by atoms with Crippen molar-refractivity contribution in [2.24, 2.45) is 0 Å². The summed E-state index contributed by atoms with van der Waals surface area (Å²) >= 11 is 0. The number of benzene rings is 1. The molecule has 0 aliphatic heterocycles. The minimum Gasteiger partial charge on any atom is -0.444 e. The predicted octanol–water partition coefficient (Wildman–Crippen LogP) is 3.53. The number of ether oxygens (including phenoxy) is 2. The lowest BCUT2D eigenvalue weighted by Gasteiger charge is -2.19. The standard InChI is InChI=1S/C19H27NO3/c1-19(2,3)23-18(21)20-13-8-12-17-11-7-10-16(15-17)9-5-6-14-22-4/h7,10-11,15H,6,8,12-14H2,1-4H3,(H,20,21). The Morgan fingerprint density at radius 2 is 2.09 bits per heavy atom. The van der Waals surface area contributed by atoms with Crippen LogP contribution in [0.3, 0.4) is 0 Å². The second kappa shape index (κ2) is 9.91. The van der Waals surface area contributed by atoms with Gasteiger partial charge in [0.25, 0.3) is 0 Å². The normalized spacial score (nSPS) is 10.6. The second-order valence-corrected chi connectivity index (χ2v) is 6.28. The molecule has 1 amide bonds. The van der Waals surface area contributed by atoms with Crippen LogP contribution >= 0.6 is 0 Å². The lowest BCUT2D eigenvalue weighted by Crippen LogP contribution is -2.33. The molecule has 0 aromatic heterocycles. The minimum absolute atomic E-state index is 0.365. The van der Waals surface area contributed by atoms with E-state index in [0.29, 0.717) is 13.2 Å². The lowest BCUT2D eigenvalue weighted by molar-refractivity contribution is 0.0527. The number of aryl methyl sites for hydroxylation is 1. The van der Waals surface area contributed by atoms with Crippen LogP contribution < -0.4 is 5.32 Å². The molecule has 4 heteroatoms. The highest BCUT2D eigenvalue weighted by atomic mass is 16.6. The summed E-state index contributed by atoms with van der Waals surface area (Å²) in [6.45, 7) is 6.81. The maximum Gasteiger partial charge on any atom is 0.407 e. The fourth-order valence-electron chi connectivity index (χ4n) is 1.92. The number of hydrogen-bond acceptors (Lipinski definition) is 3. The van der Waals surface area contributed by atoms with Gasteiger partial charge in [-0.15, -0.1) is 0 Å². The average molecular weight is 317 g/mol. The van der Waals surface area contributed by atoms with Gasteiger partial charge >= 0.3 is 6.09 Å². The molecule has 0 aliphatic rings. The van der Waals surface area contributed by atoms with E-state index in [0.717, 1.165) is 24.8 Å². The van der Waals surface area contributed by atoms with Crippen molar-refractivity contribution in [2.75, 3.05) is 20.3 Å². The van der Waals surface area contributed by atoms with Crippen LogP contribution in [0.4, 0.5) is 4.79 Å². The number of hydrogen-bond donors (Lipinski definition) is 1. The van der Waals surface area contributed by atoms with E-state index >= 15 is 0 Å². The van der Waals surface area contributed by atoms with Crippen molar-refractivity contribution in [1.29, 1.82) is 0 Å². The summed E-state index contributed by atoms with van der Waals surface area (Å²) in [7, 11) is 1.67. The third-order valence-electron chi connectivity index (χ3n) is 2.90. The number of rotatable bonds is 6. The molecular weight excluding hydrogens is 290 g/mol. The van der Waals surface area contributed by atoms with E-state index in [-0.39, 0.29) is 6.09 Å². The van der Waals surface area contributed by atoms with Crippen molar-refractivity contribution in [3.63, 3.8) is 0 Å². The summed E-state index contributed by atoms with van der Waals surface area (Å²) < 4.78 is 10.2. The Morgan fingerprint density at radius 3 is 2.78 bits per heavy atom. The van der Waals surface area contributed by atoms with Crippen molar-refractivity contribution in [1.82, 2.24) is 5.32 Å². The largest absolute Gasteiger partial charge is 0.444 e. The summed E-state index contributed by atoms with van der Waals surface area (Å²) in [6.07, 6.45) is 2.12. The fraction of sp³-hybridized carbons (Fsp3) is 0.526. The number of carbonyl (C=O) groups is 1. The molecule has 0 spiro atoms. The van der Waals surface area contributed by atoms with E-state index in [1.54, 1.807) is 7.11 Å². The molecule has 0 fully saturated rings. The molecule has 1 rings (SSSR count). The van der Waals surface area contributed by atoms with Gasteiger partial charge in [-0.25, -0.2) is 4.79 Å². The molecule has 23 heavy (non-hydrogen) atoms. The average Bonchev–Trinajstić information content (AvgIpc) is 2.47. The van der Waals surface area contributed by atoms with Crippen LogP contribution in [0.25, 0.3) is 0 Å². The highest BCUT2D eigenvalue weighted by Crippen LogP contribution is 2.08. The second-order valence-electron chi connectivity index (χ2n) is 6.28. The summed E-state index contributed by atoms with van der Waals surface area (Å²) in [5.74, 6) is 6.22. The van der Waals surface area contributed by atoms with E-state index in [9.17, 15) is 4.79 Å². The number of alkyl carbamates (subject to hydrolysis) is 1. The van der Waals surface area contributed by atoms with Crippen LogP contribution in [0.1, 0.15) is 44.7 Å². The SMILES string of the molecule is COCCC#Cc1cccc(CCCNC(=O)OC(C)(C)C)c1. The highest BCUT2D eigenvalue weighted by molar-refractivity contribution is 5.67. The van der Waals surface area contributed by atoms with Crippen molar-refractivity contribution < 1.29 is 14.3 Å². The van der Waals surface area contributed by atoms with Gasteiger partial charge in [0.1, 0.15) is 5.60 Å². The Bertz CT molecular complexity index is 550. The van der Waals surface area contributed by atoms with Gasteiger partial charge in [-0.05, 0) is 51.3 Å². The molecule has 1 aromatic carbocycles. The first-order valence-electron chi connectivity index (χ1n) is 7.94. The van der Waals surface area contributed by atoms with E-state index in [4.69, 9.17) is 9.47 Å². The van der Waals surface area contributed by atoms with Gasteiger partial charge in [-0.2, -0.15) is 0 Å². The molecule has 0 saturated heterocycles. The molecule has 0 bridgehead atoms. The van der Waals surface area contributed by atoms with Gasteiger partial charge in [0, 0.05) is 25.6 Å². The van der Waals surface area contributed by atoms with Crippen LogP contribution in [-0.4, -0.2) is 32.0 Å². The zero-order chi connectivity index (χ0) is 17.1. The van der Waals surface area contributed by atoms with Gasteiger partial charge in [0.05, 0.1) is 6.61 Å². The molecular formula is C19H27NO3. The van der Waals surface area contributed by atoms with Crippen LogP contribution in [-0.2, 0) is 15.9 Å². The maximum atomic E-state index is 11.5. The molecule has 1 aromatic rings. The minimum atomic E-state index is -0.458. The van der Waals surface area contributed by atoms with Gasteiger partial charge in [0.15, 0.2) is 0 Å². The topological polar surface area (TPSA) is 47.6 Å². The zero-order valence-electron chi connectivity index (χ0n) is 14.6. The number of carbonyl (C=O) groups excluding carboxylic acids is 1. The molecule has 0 aliphatic carbocycles. The van der Waals surface area contributed by atoms with E-state index in [1.165, 1.54) is 5.56 Å². The number of methoxy groups -OCH3 is 1. The first kappa shape index (κ1) is 19.1. The van der Waals surface area contributed by atoms with E-state index < -0.39 is 5.60 Å². The van der Waals surface area contributed by atoms with Gasteiger partial charge in [-0.1, -0.05) is 24.0 Å². The van der Waals surface area contributed by atoms with Crippen molar-refractivity contribution >= 4 is 6.09 Å². The molecule has 0 saturated carbocycles. The van der Waals surface area contributed by atoms with Crippen LogP contribution in [0.15, 0.2) is 24.3 Å². The third kappa shape index (κ3) is 9.59. The maximum absolute atomic E-state index is 11.5. The van der Waals surface area contributed by atoms with Crippen molar-refractivity contribution in [2.45, 2.75) is 45.6 Å². The molecule has 0 unspecified atom stereocenters. The van der Waals surface area contributed by atoms with Crippen molar-refractivity contribution in [3.8, 4) is 11.8 Å². The van der Waals surface area contributed by atoms with Gasteiger partial charge in [0.2, 0.25) is 0 Å². The van der Waals surface area contributed by atoms with Gasteiger partial charge in [-0.3, -0.25) is 0 Å². The van der Waals surface area contributed by atoms with E-state index in [2.05, 4.69) is 29.3 Å². The summed E-state index contributed by atoms with van der Waals surface area (Å²) in [4.78, 5) is 11.5. The molecule has 4 nitrogen and oxygen atoms in total. The van der Waals surface area contributed by atoms with Crippen molar-refractivity contribution in [3.05, 3.63) is 35.4 Å². The van der Waals surface area contributed by atoms with Crippen LogP contribution in [0.2, 0.25) is 0 Å². The zero-order valence-corrected chi connectivity index (χ0v) is 14.6. The first-order chi connectivity index (χ1) is 10.9. The fourth-order valence-corrected chi connectivity index (χ4v) is 1.92. The Balaban J connectivity index is 2.35. The molecule has 0 atom stereocenters. The summed E-state index contributed by atoms with van der Waals surface area (Å²) in [5.41, 5.74) is 1.77. The summed E-state index contributed by atoms with van der Waals surface area (Å²) in [6, 6.07) is 8.18. The third-order valence-corrected chi connectivity index (χ3v) is 2.90. The first-order valence-corrected chi connectivity index (χ1v) is 7.94. The molecule has 0 heterocycles. The monoisotopic (exact) mass is 317 g/mol. The smallest absolute Gasteiger partial charge is 0.407 e. The molecule has 126 valence electrons. The van der Waals surface area contributed by atoms with E-state index in [1.807, 2.05) is 32.9 Å². The lowest BCUT2D eigenvalue weighted by atomic mass is 10.1. The van der Waals surface area contributed by atoms with Crippen LogP contribution in [0.5, 0.6) is 0 Å². The Morgan fingerprint density at radius 1 is 1.30 bits per heavy atom. The molecule has 0 radical (unpaired) electrons. The van der Waals surface area contributed by atoms with Gasteiger partial charge < -0.3 is 14.8 Å². The predicted molar refractivity (Wildman–Crippen MR) is 92.4 cm³/mol. The summed E-state index contributed by atoms with van der Waals surface area (Å²) in [5, 5.41) is 2.77. The Hall–Kier alpha value is -1.99. The Labute approximate surface area is 139 Å². The quantitative estimate of drug-likeness (QED) is 0.645. The number of nitrogens with one attached hydrogen (secondary N) is 1. The highest BCUT2D eigenvalue weighted by Gasteiger charge is 2.15. The van der Waals surface area contributed by atoms with Crippen LogP contribution in [0, 0.1) is 11.8 Å². The Kier molecular flexibility index (Phi) is 8.21.